The highest BCUT2D eigenvalue weighted by Crippen LogP contribution is 2.67. The molecule has 4 bridgehead atoms. The Labute approximate surface area is 98.8 Å². The smallest absolute Gasteiger partial charge is 0.0194 e. The fraction of sp³-hybridized carbons (Fsp3) is 0.750. The van der Waals surface area contributed by atoms with Gasteiger partial charge < -0.3 is 0 Å². The van der Waals surface area contributed by atoms with Gasteiger partial charge >= 0.3 is 0 Å². The Bertz CT molecular complexity index is 353. The van der Waals surface area contributed by atoms with Crippen LogP contribution in [0.2, 0.25) is 0 Å². The molecule has 8 atom stereocenters. The second kappa shape index (κ2) is 3.03. The second-order valence-corrected chi connectivity index (χ2v) is 6.76. The Balaban J connectivity index is 1.65. The maximum absolute atomic E-state index is 4.01. The fourth-order valence-electron chi connectivity index (χ4n) is 5.85. The van der Waals surface area contributed by atoms with Crippen molar-refractivity contribution in [2.45, 2.75) is 26.2 Å². The van der Waals surface area contributed by atoms with Crippen molar-refractivity contribution < 1.29 is 0 Å². The zero-order valence-corrected chi connectivity index (χ0v) is 10.2. The number of fused-ring (bicyclic) bond motifs is 9. The molecule has 0 amide bonds. The average Bonchev–Trinajstić information content (AvgIpc) is 3.03. The summed E-state index contributed by atoms with van der Waals surface area (Å²) in [6.45, 7) is 6.39. The normalized spacial score (nSPS) is 57.9. The molecule has 4 aliphatic carbocycles. The Kier molecular flexibility index (Phi) is 1.80. The maximum atomic E-state index is 4.01. The molecule has 0 spiro atoms. The van der Waals surface area contributed by atoms with Crippen LogP contribution in [-0.2, 0) is 0 Å². The molecule has 0 radical (unpaired) electrons. The van der Waals surface area contributed by atoms with E-state index in [1.54, 1.807) is 6.42 Å². The number of allylic oxidation sites excluding steroid dienone is 3. The summed E-state index contributed by atoms with van der Waals surface area (Å²) in [6.07, 6.45) is 11.8. The predicted octanol–water partition coefficient (Wildman–Crippen LogP) is 3.90. The Morgan fingerprint density at radius 1 is 1.12 bits per heavy atom. The van der Waals surface area contributed by atoms with E-state index in [0.29, 0.717) is 0 Å². The highest BCUT2D eigenvalue weighted by Gasteiger charge is 2.61. The van der Waals surface area contributed by atoms with Crippen LogP contribution in [0.4, 0.5) is 0 Å². The number of hydrogen-bond acceptors (Lipinski definition) is 0. The minimum atomic E-state index is 0.749. The Morgan fingerprint density at radius 2 is 1.88 bits per heavy atom. The summed E-state index contributed by atoms with van der Waals surface area (Å²) >= 11 is 0. The summed E-state index contributed by atoms with van der Waals surface area (Å²) in [6, 6.07) is 0. The van der Waals surface area contributed by atoms with E-state index >= 15 is 0 Å². The number of rotatable bonds is 2. The van der Waals surface area contributed by atoms with Crippen LogP contribution in [0.15, 0.2) is 24.8 Å². The van der Waals surface area contributed by atoms with Gasteiger partial charge in [0.05, 0.1) is 0 Å². The van der Waals surface area contributed by atoms with Crippen LogP contribution in [0.25, 0.3) is 0 Å². The number of hydrogen-bond donors (Lipinski definition) is 0. The molecule has 0 saturated heterocycles. The first-order valence-corrected chi connectivity index (χ1v) is 7.10. The van der Waals surface area contributed by atoms with E-state index in [1.165, 1.54) is 12.8 Å². The molecule has 16 heavy (non-hydrogen) atoms. The van der Waals surface area contributed by atoms with Gasteiger partial charge in [-0.05, 0) is 66.6 Å². The molecular weight excluding hydrogens is 192 g/mol. The van der Waals surface area contributed by atoms with Crippen molar-refractivity contribution in [2.24, 2.45) is 47.3 Å². The van der Waals surface area contributed by atoms with Gasteiger partial charge in [0.15, 0.2) is 0 Å². The summed E-state index contributed by atoms with van der Waals surface area (Å²) in [7, 11) is 0. The van der Waals surface area contributed by atoms with Crippen molar-refractivity contribution >= 4 is 0 Å². The fourth-order valence-corrected chi connectivity index (χ4v) is 5.85. The van der Waals surface area contributed by atoms with Crippen LogP contribution in [0, 0.1) is 47.3 Å². The lowest BCUT2D eigenvalue weighted by Crippen LogP contribution is -2.33. The molecule has 3 fully saturated rings. The molecule has 0 nitrogen and oxygen atoms in total. The van der Waals surface area contributed by atoms with Crippen molar-refractivity contribution in [3.63, 3.8) is 0 Å². The highest BCUT2D eigenvalue weighted by atomic mass is 14.7. The SMILES string of the molecule is C=CC(C)C1CC2CC1C1C3C=CC(C3)C21. The van der Waals surface area contributed by atoms with Gasteiger partial charge in [0.25, 0.3) is 0 Å². The topological polar surface area (TPSA) is 0 Å². The van der Waals surface area contributed by atoms with Crippen molar-refractivity contribution in [3.05, 3.63) is 24.8 Å². The summed E-state index contributed by atoms with van der Waals surface area (Å²) < 4.78 is 0. The standard InChI is InChI=1S/C16H22/c1-3-9(2)13-7-12-8-14(13)16-11-5-4-10(6-11)15(12)16/h3-5,9-16H,1,6-8H2,2H3. The van der Waals surface area contributed by atoms with Crippen LogP contribution in [0.1, 0.15) is 26.2 Å². The lowest BCUT2D eigenvalue weighted by molar-refractivity contribution is 0.129. The van der Waals surface area contributed by atoms with Crippen LogP contribution < -0.4 is 0 Å². The van der Waals surface area contributed by atoms with Crippen molar-refractivity contribution in [2.75, 3.05) is 0 Å². The molecule has 4 rings (SSSR count). The van der Waals surface area contributed by atoms with E-state index in [1.807, 2.05) is 0 Å². The second-order valence-electron chi connectivity index (χ2n) is 6.76. The zero-order chi connectivity index (χ0) is 10.9. The Morgan fingerprint density at radius 3 is 2.62 bits per heavy atom. The van der Waals surface area contributed by atoms with Gasteiger partial charge in [-0.2, -0.15) is 0 Å². The van der Waals surface area contributed by atoms with E-state index in [-0.39, 0.29) is 0 Å². The first kappa shape index (κ1) is 9.50. The third-order valence-electron chi connectivity index (χ3n) is 6.37. The third kappa shape index (κ3) is 0.972. The quantitative estimate of drug-likeness (QED) is 0.483. The minimum Gasteiger partial charge on any atom is -0.103 e. The van der Waals surface area contributed by atoms with Gasteiger partial charge in [-0.25, -0.2) is 0 Å². The van der Waals surface area contributed by atoms with Gasteiger partial charge in [0, 0.05) is 0 Å². The molecule has 86 valence electrons. The van der Waals surface area contributed by atoms with E-state index in [2.05, 4.69) is 31.7 Å². The largest absolute Gasteiger partial charge is 0.103 e. The van der Waals surface area contributed by atoms with E-state index in [9.17, 15) is 0 Å². The predicted molar refractivity (Wildman–Crippen MR) is 66.8 cm³/mol. The lowest BCUT2D eigenvalue weighted by atomic mass is 9.66. The maximum Gasteiger partial charge on any atom is -0.0194 e. The highest BCUT2D eigenvalue weighted by molar-refractivity contribution is 5.21. The molecule has 0 heterocycles. The van der Waals surface area contributed by atoms with Gasteiger partial charge in [-0.3, -0.25) is 0 Å². The van der Waals surface area contributed by atoms with E-state index < -0.39 is 0 Å². The molecule has 3 saturated carbocycles. The third-order valence-corrected chi connectivity index (χ3v) is 6.37. The van der Waals surface area contributed by atoms with Crippen LogP contribution in [0.5, 0.6) is 0 Å². The zero-order valence-electron chi connectivity index (χ0n) is 10.2. The van der Waals surface area contributed by atoms with Crippen LogP contribution >= 0.6 is 0 Å². The van der Waals surface area contributed by atoms with Crippen LogP contribution in [0.3, 0.4) is 0 Å². The summed E-state index contributed by atoms with van der Waals surface area (Å²) in [5.74, 6) is 7.94. The first-order chi connectivity index (χ1) is 7.79. The molecule has 0 heteroatoms. The van der Waals surface area contributed by atoms with Crippen molar-refractivity contribution in [1.29, 1.82) is 0 Å². The van der Waals surface area contributed by atoms with Crippen LogP contribution in [-0.4, -0.2) is 0 Å². The van der Waals surface area contributed by atoms with Crippen molar-refractivity contribution in [3.8, 4) is 0 Å². The monoisotopic (exact) mass is 214 g/mol. The molecular formula is C16H22. The first-order valence-electron chi connectivity index (χ1n) is 7.10. The molecule has 0 aromatic heterocycles. The molecule has 0 aromatic carbocycles. The summed E-state index contributed by atoms with van der Waals surface area (Å²) in [5.41, 5.74) is 0. The average molecular weight is 214 g/mol. The molecule has 4 aliphatic rings. The summed E-state index contributed by atoms with van der Waals surface area (Å²) in [5, 5.41) is 0. The molecule has 0 N–H and O–H groups in total. The Hall–Kier alpha value is -0.520. The minimum absolute atomic E-state index is 0.749. The van der Waals surface area contributed by atoms with E-state index in [0.717, 1.165) is 47.3 Å². The van der Waals surface area contributed by atoms with E-state index in [4.69, 9.17) is 0 Å². The van der Waals surface area contributed by atoms with Crippen molar-refractivity contribution in [1.82, 2.24) is 0 Å². The molecule has 8 unspecified atom stereocenters. The lowest BCUT2D eigenvalue weighted by Gasteiger charge is -2.38. The summed E-state index contributed by atoms with van der Waals surface area (Å²) in [4.78, 5) is 0. The van der Waals surface area contributed by atoms with Gasteiger partial charge in [-0.15, -0.1) is 6.58 Å². The van der Waals surface area contributed by atoms with Gasteiger partial charge in [-0.1, -0.05) is 25.2 Å². The van der Waals surface area contributed by atoms with Gasteiger partial charge in [0.2, 0.25) is 0 Å². The molecule has 0 aromatic rings. The van der Waals surface area contributed by atoms with Gasteiger partial charge in [0.1, 0.15) is 0 Å². The molecule has 0 aliphatic heterocycles.